The van der Waals surface area contributed by atoms with E-state index in [1.165, 1.54) is 0 Å². The first kappa shape index (κ1) is 13.0. The van der Waals surface area contributed by atoms with Crippen LogP contribution in [0.25, 0.3) is 0 Å². The Morgan fingerprint density at radius 1 is 1.14 bits per heavy atom. The molecular formula is C12H20N2. The van der Waals surface area contributed by atoms with Crippen LogP contribution in [0.15, 0.2) is 0 Å². The minimum atomic E-state index is -0.756. The molecule has 0 saturated carbocycles. The maximum atomic E-state index is 8.99. The molecule has 0 fully saturated rings. The SMILES string of the molecule is CCC(C#N)(C#N)CC(C)CC(C)C. The van der Waals surface area contributed by atoms with Gasteiger partial charge in [-0.05, 0) is 31.1 Å². The predicted molar refractivity (Wildman–Crippen MR) is 57.2 cm³/mol. The molecule has 0 aliphatic rings. The van der Waals surface area contributed by atoms with Crippen molar-refractivity contribution in [1.82, 2.24) is 0 Å². The Labute approximate surface area is 87.5 Å². The minimum Gasteiger partial charge on any atom is -0.197 e. The van der Waals surface area contributed by atoms with E-state index in [4.69, 9.17) is 10.5 Å². The van der Waals surface area contributed by atoms with Crippen LogP contribution in [0.1, 0.15) is 47.0 Å². The summed E-state index contributed by atoms with van der Waals surface area (Å²) in [4.78, 5) is 0. The molecule has 1 atom stereocenters. The van der Waals surface area contributed by atoms with E-state index in [0.29, 0.717) is 24.7 Å². The van der Waals surface area contributed by atoms with Gasteiger partial charge in [0.05, 0.1) is 12.1 Å². The molecule has 0 heterocycles. The third kappa shape index (κ3) is 3.79. The van der Waals surface area contributed by atoms with Crippen molar-refractivity contribution < 1.29 is 0 Å². The average Bonchev–Trinajstić information content (AvgIpc) is 2.13. The molecule has 2 nitrogen and oxygen atoms in total. The number of nitriles is 2. The van der Waals surface area contributed by atoms with Crippen molar-refractivity contribution in [3.05, 3.63) is 0 Å². The first-order valence-electron chi connectivity index (χ1n) is 5.32. The predicted octanol–water partition coefficient (Wildman–Crippen LogP) is 3.50. The maximum absolute atomic E-state index is 8.99. The highest BCUT2D eigenvalue weighted by Crippen LogP contribution is 2.31. The third-order valence-corrected chi connectivity index (χ3v) is 2.60. The molecule has 1 unspecified atom stereocenters. The van der Waals surface area contributed by atoms with Gasteiger partial charge in [-0.3, -0.25) is 0 Å². The zero-order valence-electron chi connectivity index (χ0n) is 9.67. The molecule has 0 rings (SSSR count). The van der Waals surface area contributed by atoms with Crippen LogP contribution in [0.2, 0.25) is 0 Å². The Hall–Kier alpha value is -1.02. The van der Waals surface area contributed by atoms with E-state index < -0.39 is 5.41 Å². The summed E-state index contributed by atoms with van der Waals surface area (Å²) in [7, 11) is 0. The van der Waals surface area contributed by atoms with Crippen molar-refractivity contribution in [1.29, 1.82) is 10.5 Å². The molecule has 0 radical (unpaired) electrons. The highest BCUT2D eigenvalue weighted by atomic mass is 14.4. The summed E-state index contributed by atoms with van der Waals surface area (Å²) in [6, 6.07) is 4.32. The van der Waals surface area contributed by atoms with Crippen molar-refractivity contribution in [3.63, 3.8) is 0 Å². The molecule has 0 aliphatic heterocycles. The van der Waals surface area contributed by atoms with Crippen molar-refractivity contribution in [2.24, 2.45) is 17.3 Å². The lowest BCUT2D eigenvalue weighted by molar-refractivity contribution is 0.324. The Kier molecular flexibility index (Phi) is 5.24. The molecule has 0 aromatic carbocycles. The summed E-state index contributed by atoms with van der Waals surface area (Å²) in [5.74, 6) is 1.09. The summed E-state index contributed by atoms with van der Waals surface area (Å²) in [5.41, 5.74) is -0.756. The van der Waals surface area contributed by atoms with Crippen molar-refractivity contribution >= 4 is 0 Å². The Balaban J connectivity index is 4.34. The molecule has 0 amide bonds. The van der Waals surface area contributed by atoms with Crippen LogP contribution in [0.4, 0.5) is 0 Å². The first-order valence-corrected chi connectivity index (χ1v) is 5.32. The Morgan fingerprint density at radius 2 is 1.64 bits per heavy atom. The zero-order chi connectivity index (χ0) is 11.2. The van der Waals surface area contributed by atoms with E-state index in [9.17, 15) is 0 Å². The fraction of sp³-hybridized carbons (Fsp3) is 0.833. The topological polar surface area (TPSA) is 47.6 Å². The second kappa shape index (κ2) is 5.66. The third-order valence-electron chi connectivity index (χ3n) is 2.60. The highest BCUT2D eigenvalue weighted by molar-refractivity contribution is 5.13. The zero-order valence-corrected chi connectivity index (χ0v) is 9.67. The summed E-state index contributed by atoms with van der Waals surface area (Å²) >= 11 is 0. The van der Waals surface area contributed by atoms with Gasteiger partial charge in [-0.15, -0.1) is 0 Å². The van der Waals surface area contributed by atoms with Gasteiger partial charge in [0.15, 0.2) is 0 Å². The minimum absolute atomic E-state index is 0.453. The standard InChI is InChI=1S/C12H20N2/c1-5-12(8-13,9-14)7-11(4)6-10(2)3/h10-11H,5-7H2,1-4H3. The van der Waals surface area contributed by atoms with Crippen LogP contribution in [-0.4, -0.2) is 0 Å². The summed E-state index contributed by atoms with van der Waals surface area (Å²) in [5, 5.41) is 18.0. The molecule has 0 N–H and O–H groups in total. The normalized spacial score (nSPS) is 13.4. The quantitative estimate of drug-likeness (QED) is 0.669. The van der Waals surface area contributed by atoms with Gasteiger partial charge in [0.1, 0.15) is 5.41 Å². The average molecular weight is 192 g/mol. The van der Waals surface area contributed by atoms with Gasteiger partial charge >= 0.3 is 0 Å². The first-order chi connectivity index (χ1) is 6.49. The van der Waals surface area contributed by atoms with Crippen molar-refractivity contribution in [3.8, 4) is 12.1 Å². The smallest absolute Gasteiger partial charge is 0.143 e. The second-order valence-electron chi connectivity index (χ2n) is 4.60. The fourth-order valence-electron chi connectivity index (χ4n) is 1.90. The number of hydrogen-bond acceptors (Lipinski definition) is 2. The lowest BCUT2D eigenvalue weighted by atomic mass is 9.78. The van der Waals surface area contributed by atoms with Crippen molar-refractivity contribution in [2.75, 3.05) is 0 Å². The number of nitrogens with zero attached hydrogens (tertiary/aromatic N) is 2. The summed E-state index contributed by atoms with van der Waals surface area (Å²) < 4.78 is 0. The molecule has 0 aliphatic carbocycles. The lowest BCUT2D eigenvalue weighted by Gasteiger charge is -2.22. The van der Waals surface area contributed by atoms with Crippen LogP contribution < -0.4 is 0 Å². The number of hydrogen-bond donors (Lipinski definition) is 0. The van der Waals surface area contributed by atoms with Gasteiger partial charge in [0.25, 0.3) is 0 Å². The fourth-order valence-corrected chi connectivity index (χ4v) is 1.90. The molecule has 14 heavy (non-hydrogen) atoms. The molecule has 0 bridgehead atoms. The molecular weight excluding hydrogens is 172 g/mol. The van der Waals surface area contributed by atoms with E-state index in [-0.39, 0.29) is 0 Å². The van der Waals surface area contributed by atoms with Gasteiger partial charge in [-0.25, -0.2) is 0 Å². The van der Waals surface area contributed by atoms with Gasteiger partial charge in [-0.2, -0.15) is 10.5 Å². The Morgan fingerprint density at radius 3 is 1.93 bits per heavy atom. The highest BCUT2D eigenvalue weighted by Gasteiger charge is 2.29. The molecule has 0 aromatic rings. The monoisotopic (exact) mass is 192 g/mol. The van der Waals surface area contributed by atoms with Gasteiger partial charge < -0.3 is 0 Å². The van der Waals surface area contributed by atoms with Gasteiger partial charge in [-0.1, -0.05) is 27.7 Å². The van der Waals surface area contributed by atoms with Crippen LogP contribution in [0.5, 0.6) is 0 Å². The van der Waals surface area contributed by atoms with Gasteiger partial charge in [0.2, 0.25) is 0 Å². The molecule has 2 heteroatoms. The van der Waals surface area contributed by atoms with Crippen LogP contribution in [0.3, 0.4) is 0 Å². The molecule has 0 spiro atoms. The number of rotatable bonds is 5. The summed E-state index contributed by atoms with van der Waals surface area (Å²) in [6.07, 6.45) is 2.42. The van der Waals surface area contributed by atoms with Crippen LogP contribution in [0, 0.1) is 39.9 Å². The Bertz CT molecular complexity index is 228. The molecule has 78 valence electrons. The van der Waals surface area contributed by atoms with E-state index in [1.54, 1.807) is 0 Å². The lowest BCUT2D eigenvalue weighted by Crippen LogP contribution is -2.19. The van der Waals surface area contributed by atoms with E-state index in [0.717, 1.165) is 6.42 Å². The summed E-state index contributed by atoms with van der Waals surface area (Å²) in [6.45, 7) is 8.37. The largest absolute Gasteiger partial charge is 0.197 e. The molecule has 0 saturated heterocycles. The maximum Gasteiger partial charge on any atom is 0.143 e. The van der Waals surface area contributed by atoms with Crippen molar-refractivity contribution in [2.45, 2.75) is 47.0 Å². The second-order valence-corrected chi connectivity index (χ2v) is 4.60. The van der Waals surface area contributed by atoms with E-state index in [1.807, 2.05) is 6.92 Å². The van der Waals surface area contributed by atoms with Crippen LogP contribution in [-0.2, 0) is 0 Å². The van der Waals surface area contributed by atoms with Crippen LogP contribution >= 0.6 is 0 Å². The van der Waals surface area contributed by atoms with E-state index in [2.05, 4.69) is 32.9 Å². The van der Waals surface area contributed by atoms with E-state index >= 15 is 0 Å². The molecule has 0 aromatic heterocycles. The van der Waals surface area contributed by atoms with Gasteiger partial charge in [0, 0.05) is 0 Å².